The molecule has 0 unspecified atom stereocenters. The highest BCUT2D eigenvalue weighted by atomic mass is 19.3. The van der Waals surface area contributed by atoms with Crippen LogP contribution in [0.15, 0.2) is 41.4 Å². The summed E-state index contributed by atoms with van der Waals surface area (Å²) >= 11 is 0. The Hall–Kier alpha value is -4.26. The molecule has 13 heteroatoms. The number of carbonyl (C=O) groups excluding carboxylic acids is 1. The molecule has 2 aliphatic heterocycles. The second-order valence-electron chi connectivity index (χ2n) is 8.98. The Morgan fingerprint density at radius 1 is 1.21 bits per heavy atom. The number of amidine groups is 1. The van der Waals surface area contributed by atoms with Crippen molar-refractivity contribution in [2.45, 2.75) is 25.3 Å². The molecule has 38 heavy (non-hydrogen) atoms. The normalized spacial score (nSPS) is 17.8. The summed E-state index contributed by atoms with van der Waals surface area (Å²) in [5, 5.41) is 0. The second kappa shape index (κ2) is 9.89. The first-order valence-corrected chi connectivity index (χ1v) is 11.7. The standard InChI is InChI=1S/C25H24F3N7O3/c1-13-22-19(33-24(29)30-13)9-18(32-23(22)34-38-10-21(36)35-11-25(27,28)12-35)15-7-6-14(26)8-16(15)17-4-3-5-20(31-17)37-2/h3-8,18H,9-12H2,1-2H3,(H,32,34)(H2,29,30,33)/t18-/m1/s1. The number of methoxy groups -OCH3 is 1. The lowest BCUT2D eigenvalue weighted by atomic mass is 9.91. The summed E-state index contributed by atoms with van der Waals surface area (Å²) in [7, 11) is 1.49. The van der Waals surface area contributed by atoms with Crippen LogP contribution in [0.1, 0.15) is 28.6 Å². The summed E-state index contributed by atoms with van der Waals surface area (Å²) in [6, 6.07) is 8.92. The topological polar surface area (TPSA) is 128 Å². The molecular formula is C25H24F3N7O3. The summed E-state index contributed by atoms with van der Waals surface area (Å²) in [4.78, 5) is 36.3. The van der Waals surface area contributed by atoms with Crippen LogP contribution in [0, 0.1) is 12.7 Å². The van der Waals surface area contributed by atoms with Crippen molar-refractivity contribution in [3.63, 3.8) is 0 Å². The predicted molar refractivity (Wildman–Crippen MR) is 131 cm³/mol. The number of fused-ring (bicyclic) bond motifs is 1. The van der Waals surface area contributed by atoms with E-state index in [2.05, 4.69) is 20.4 Å². The highest BCUT2D eigenvalue weighted by molar-refractivity contribution is 6.01. The molecule has 0 spiro atoms. The number of ether oxygens (including phenoxy) is 1. The highest BCUT2D eigenvalue weighted by Gasteiger charge is 2.46. The monoisotopic (exact) mass is 527 g/mol. The number of aliphatic imine (C=N–C) groups is 1. The van der Waals surface area contributed by atoms with Crippen molar-refractivity contribution in [2.75, 3.05) is 32.5 Å². The van der Waals surface area contributed by atoms with Gasteiger partial charge < -0.3 is 15.4 Å². The third-order valence-corrected chi connectivity index (χ3v) is 6.24. The molecule has 1 amide bonds. The van der Waals surface area contributed by atoms with Crippen molar-refractivity contribution in [1.82, 2.24) is 25.3 Å². The van der Waals surface area contributed by atoms with Gasteiger partial charge in [0.2, 0.25) is 11.8 Å². The van der Waals surface area contributed by atoms with Gasteiger partial charge in [-0.25, -0.2) is 33.6 Å². The van der Waals surface area contributed by atoms with Crippen molar-refractivity contribution in [2.24, 2.45) is 4.99 Å². The number of aromatic nitrogens is 3. The Bertz CT molecular complexity index is 1430. The number of halogens is 3. The lowest BCUT2D eigenvalue weighted by Gasteiger charge is -2.38. The van der Waals surface area contributed by atoms with Gasteiger partial charge in [0, 0.05) is 18.1 Å². The molecule has 1 atom stereocenters. The van der Waals surface area contributed by atoms with Crippen molar-refractivity contribution in [3.05, 3.63) is 64.7 Å². The van der Waals surface area contributed by atoms with Crippen LogP contribution in [0.3, 0.4) is 0 Å². The molecule has 198 valence electrons. The summed E-state index contributed by atoms with van der Waals surface area (Å²) in [5.41, 5.74) is 11.9. The molecule has 5 rings (SSSR count). The van der Waals surface area contributed by atoms with Crippen molar-refractivity contribution >= 4 is 17.7 Å². The number of aryl methyl sites for hydroxylation is 1. The number of alkyl halides is 2. The van der Waals surface area contributed by atoms with Crippen LogP contribution >= 0.6 is 0 Å². The van der Waals surface area contributed by atoms with E-state index in [0.717, 1.165) is 4.90 Å². The zero-order valence-corrected chi connectivity index (χ0v) is 20.5. The molecular weight excluding hydrogens is 503 g/mol. The second-order valence-corrected chi connectivity index (χ2v) is 8.98. The number of hydroxylamine groups is 1. The minimum absolute atomic E-state index is 0.0739. The molecule has 0 saturated carbocycles. The molecule has 0 radical (unpaired) electrons. The van der Waals surface area contributed by atoms with Crippen molar-refractivity contribution in [3.8, 4) is 17.1 Å². The van der Waals surface area contributed by atoms with E-state index in [9.17, 15) is 18.0 Å². The van der Waals surface area contributed by atoms with Gasteiger partial charge in [0.25, 0.3) is 11.8 Å². The molecule has 2 aromatic heterocycles. The number of hydrogen-bond donors (Lipinski definition) is 2. The number of nitrogens with two attached hydrogens (primary N) is 1. The van der Waals surface area contributed by atoms with Crippen molar-refractivity contribution in [1.29, 1.82) is 0 Å². The van der Waals surface area contributed by atoms with E-state index in [0.29, 0.717) is 46.1 Å². The van der Waals surface area contributed by atoms with E-state index in [-0.39, 0.29) is 11.8 Å². The van der Waals surface area contributed by atoms with Gasteiger partial charge in [0.05, 0.1) is 48.9 Å². The van der Waals surface area contributed by atoms with Gasteiger partial charge in [0.1, 0.15) is 5.82 Å². The molecule has 1 aromatic carbocycles. The quantitative estimate of drug-likeness (QED) is 0.469. The third-order valence-electron chi connectivity index (χ3n) is 6.24. The minimum Gasteiger partial charge on any atom is -0.481 e. The molecule has 3 aromatic rings. The van der Waals surface area contributed by atoms with E-state index in [4.69, 9.17) is 20.3 Å². The Balaban J connectivity index is 1.46. The largest absolute Gasteiger partial charge is 0.481 e. The fraction of sp³-hybridized carbons (Fsp3) is 0.320. The number of pyridine rings is 1. The number of nitrogens with zero attached hydrogens (tertiary/aromatic N) is 5. The van der Waals surface area contributed by atoms with E-state index >= 15 is 0 Å². The predicted octanol–water partition coefficient (Wildman–Crippen LogP) is 2.62. The Morgan fingerprint density at radius 3 is 2.74 bits per heavy atom. The Kier molecular flexibility index (Phi) is 6.61. The van der Waals surface area contributed by atoms with Crippen LogP contribution in [0.25, 0.3) is 11.3 Å². The number of anilines is 1. The summed E-state index contributed by atoms with van der Waals surface area (Å²) in [6.45, 7) is -0.0391. The van der Waals surface area contributed by atoms with Crippen LogP contribution in [0.5, 0.6) is 5.88 Å². The molecule has 0 aliphatic carbocycles. The van der Waals surface area contributed by atoms with Gasteiger partial charge in [-0.1, -0.05) is 12.1 Å². The fourth-order valence-corrected chi connectivity index (χ4v) is 4.48. The smallest absolute Gasteiger partial charge is 0.282 e. The van der Waals surface area contributed by atoms with Gasteiger partial charge >= 0.3 is 0 Å². The molecule has 4 heterocycles. The Labute approximate surface area is 215 Å². The molecule has 10 nitrogen and oxygen atoms in total. The summed E-state index contributed by atoms with van der Waals surface area (Å²) in [6.07, 6.45) is 0.318. The van der Waals surface area contributed by atoms with E-state index in [1.807, 2.05) is 0 Å². The van der Waals surface area contributed by atoms with E-state index in [1.165, 1.54) is 19.2 Å². The van der Waals surface area contributed by atoms with Crippen LogP contribution in [-0.2, 0) is 16.1 Å². The average Bonchev–Trinajstić information content (AvgIpc) is 2.86. The molecule has 2 aliphatic rings. The molecule has 1 fully saturated rings. The number of hydrogen-bond acceptors (Lipinski definition) is 9. The molecule has 3 N–H and O–H groups in total. The maximum Gasteiger partial charge on any atom is 0.282 e. The van der Waals surface area contributed by atoms with Crippen LogP contribution < -0.4 is 16.0 Å². The number of nitrogens with one attached hydrogen (secondary N) is 1. The molecule has 1 saturated heterocycles. The number of likely N-dealkylation sites (tertiary alicyclic amines) is 1. The number of benzene rings is 1. The minimum atomic E-state index is -2.87. The van der Waals surface area contributed by atoms with Gasteiger partial charge in [-0.3, -0.25) is 14.6 Å². The first-order valence-electron chi connectivity index (χ1n) is 11.7. The third kappa shape index (κ3) is 5.09. The number of amides is 1. The SMILES string of the molecule is COc1cccc(-c2cc(F)ccc2[C@H]2Cc3nc(N)nc(C)c3C(NOCC(=O)N3CC(F)(F)C3)=N2)n1. The molecule has 0 bridgehead atoms. The van der Waals surface area contributed by atoms with Gasteiger partial charge in [-0.05, 0) is 30.7 Å². The zero-order chi connectivity index (χ0) is 27.0. The average molecular weight is 528 g/mol. The van der Waals surface area contributed by atoms with Gasteiger partial charge in [0.15, 0.2) is 12.4 Å². The van der Waals surface area contributed by atoms with Crippen LogP contribution in [0.4, 0.5) is 19.1 Å². The summed E-state index contributed by atoms with van der Waals surface area (Å²) in [5.74, 6) is -3.25. The fourth-order valence-electron chi connectivity index (χ4n) is 4.48. The Morgan fingerprint density at radius 2 is 2.00 bits per heavy atom. The maximum absolute atomic E-state index is 14.3. The summed E-state index contributed by atoms with van der Waals surface area (Å²) < 4.78 is 45.8. The lowest BCUT2D eigenvalue weighted by Crippen LogP contribution is -2.59. The van der Waals surface area contributed by atoms with Crippen LogP contribution in [-0.4, -0.2) is 64.3 Å². The van der Waals surface area contributed by atoms with Crippen LogP contribution in [0.2, 0.25) is 0 Å². The van der Waals surface area contributed by atoms with E-state index in [1.54, 1.807) is 31.2 Å². The number of rotatable bonds is 6. The number of nitrogen functional groups attached to an aromatic ring is 1. The van der Waals surface area contributed by atoms with Crippen molar-refractivity contribution < 1.29 is 27.5 Å². The number of carbonyl (C=O) groups is 1. The van der Waals surface area contributed by atoms with Gasteiger partial charge in [-0.2, -0.15) is 0 Å². The maximum atomic E-state index is 14.3. The zero-order valence-electron chi connectivity index (χ0n) is 20.5. The van der Waals surface area contributed by atoms with Gasteiger partial charge in [-0.15, -0.1) is 0 Å². The first-order chi connectivity index (χ1) is 18.1. The van der Waals surface area contributed by atoms with E-state index < -0.39 is 43.4 Å². The highest BCUT2D eigenvalue weighted by Crippen LogP contribution is 2.36. The lowest BCUT2D eigenvalue weighted by molar-refractivity contribution is -0.170. The first kappa shape index (κ1) is 25.4.